The van der Waals surface area contributed by atoms with Crippen LogP contribution in [-0.2, 0) is 0 Å². The van der Waals surface area contributed by atoms with Crippen LogP contribution in [0.15, 0.2) is 0 Å². The van der Waals surface area contributed by atoms with E-state index in [0.29, 0.717) is 0 Å². The Kier molecular flexibility index (Phi) is 32.2. The van der Waals surface area contributed by atoms with E-state index in [-0.39, 0.29) is 0 Å². The van der Waals surface area contributed by atoms with Gasteiger partial charge in [0.1, 0.15) is 0 Å². The normalized spacial score (nSPS) is 14.8. The van der Waals surface area contributed by atoms with Gasteiger partial charge in [0, 0.05) is 0 Å². The molecule has 0 atom stereocenters. The molecular formula is C15H42B9I10. The number of unbranched alkanes of at least 4 members (excludes halogenated alkanes) is 1. The van der Waals surface area contributed by atoms with Crippen molar-refractivity contribution in [1.82, 2.24) is 0 Å². The first-order chi connectivity index (χ1) is 15.8. The van der Waals surface area contributed by atoms with Crippen molar-refractivity contribution >= 4 is 221 Å². The molecule has 0 nitrogen and oxygen atoms in total. The summed E-state index contributed by atoms with van der Waals surface area (Å²) >= 11 is -9.13. The average molecular weight is 1590 g/mol. The van der Waals surface area contributed by atoms with Gasteiger partial charge in [-0.3, -0.25) is 0 Å². The molecule has 0 aromatic carbocycles. The minimum absolute atomic E-state index is 0.768. The molecule has 0 rings (SSSR count). The zero-order chi connectivity index (χ0) is 26.3. The Morgan fingerprint density at radius 2 is 0.647 bits per heavy atom. The number of alkyl halides is 12. The van der Waals surface area contributed by atoms with Crippen molar-refractivity contribution in [3.63, 3.8) is 0 Å². The molecule has 0 fully saturated rings. The maximum atomic E-state index is 3.16. The van der Waals surface area contributed by atoms with Gasteiger partial charge in [-0.05, 0) is 0 Å². The van der Waals surface area contributed by atoms with Crippen molar-refractivity contribution in [3.05, 3.63) is 0 Å². The van der Waals surface area contributed by atoms with Gasteiger partial charge in [0.25, 0.3) is 0 Å². The fraction of sp³-hybridized carbons (Fsp3) is 1.00. The molecule has 0 aromatic heterocycles. The molecule has 9 radical (unpaired) electrons. The summed E-state index contributed by atoms with van der Waals surface area (Å²) in [5.41, 5.74) is 0. The summed E-state index contributed by atoms with van der Waals surface area (Å²) < 4.78 is 29.0. The summed E-state index contributed by atoms with van der Waals surface area (Å²) in [6.07, 6.45) is 2.86. The van der Waals surface area contributed by atoms with Gasteiger partial charge in [0.05, 0.1) is 0 Å². The zero-order valence-corrected chi connectivity index (χ0v) is 44.7. The molecule has 0 aliphatic carbocycles. The fourth-order valence-corrected chi connectivity index (χ4v) is 134. The summed E-state index contributed by atoms with van der Waals surface area (Å²) in [6.45, 7) is 2.37. The van der Waals surface area contributed by atoms with E-state index in [1.165, 1.54) is 12.8 Å². The van der Waals surface area contributed by atoms with Gasteiger partial charge in [0.2, 0.25) is 0 Å². The van der Waals surface area contributed by atoms with E-state index in [0.717, 1.165) is 0 Å². The monoisotopic (exact) mass is 1590 g/mol. The molecule has 0 aliphatic heterocycles. The molecule has 0 unspecified atom stereocenters. The maximum absolute atomic E-state index is 3.16. The van der Waals surface area contributed by atoms with Gasteiger partial charge in [-0.25, -0.2) is 0 Å². The standard InChI is InChI=1S/C15H42B9I10/c1-13-14-15-30(12)21-33(20-29(10)11)24-34(22-31(16-25(2)3)17-26(4)5)23-32(18-27(6)7)19-28(8)9/h13-15H2,1-12H3. The van der Waals surface area contributed by atoms with Crippen LogP contribution in [0.5, 0.6) is 0 Å². The van der Waals surface area contributed by atoms with Crippen LogP contribution in [0.25, 0.3) is 0 Å². The van der Waals surface area contributed by atoms with Crippen LogP contribution in [0.2, 0.25) is 0 Å². The Hall–Kier alpha value is 7.88. The first-order valence-electron chi connectivity index (χ1n) is 10.1. The van der Waals surface area contributed by atoms with Crippen LogP contribution in [-0.4, -0.2) is 85.6 Å². The Morgan fingerprint density at radius 1 is 0.382 bits per heavy atom. The third-order valence-corrected chi connectivity index (χ3v) is 98.1. The SMILES string of the molecule is CCCCI(C)[B]I([B]I(C)C)[B]I([B]I([B]I(C)C)[B]I(C)C)[B]I([B]I(C)C)[B]I(C)C. The van der Waals surface area contributed by atoms with Crippen molar-refractivity contribution in [2.24, 2.45) is 0 Å². The van der Waals surface area contributed by atoms with Crippen LogP contribution < -0.4 is 0 Å². The van der Waals surface area contributed by atoms with Crippen molar-refractivity contribution < 1.29 is 0 Å². The second-order valence-corrected chi connectivity index (χ2v) is 77.3. The predicted molar refractivity (Wildman–Crippen MR) is 277 cm³/mol. The molecule has 0 aromatic rings. The summed E-state index contributed by atoms with van der Waals surface area (Å²) in [4.78, 5) is 28.5. The van der Waals surface area contributed by atoms with Crippen molar-refractivity contribution in [1.29, 1.82) is 0 Å². The molecule has 0 saturated carbocycles. The molecule has 0 heterocycles. The third-order valence-electron chi connectivity index (χ3n) is 2.89. The summed E-state index contributed by atoms with van der Waals surface area (Å²) in [5.74, 6) is 0. The van der Waals surface area contributed by atoms with Crippen molar-refractivity contribution in [2.75, 3.05) is 58.7 Å². The quantitative estimate of drug-likeness (QED) is 0.0615. The third kappa shape index (κ3) is 26.3. The van der Waals surface area contributed by atoms with Crippen LogP contribution in [0.1, 0.15) is 19.8 Å². The van der Waals surface area contributed by atoms with Crippen molar-refractivity contribution in [2.45, 2.75) is 19.8 Å². The first-order valence-corrected chi connectivity index (χ1v) is 57.7. The van der Waals surface area contributed by atoms with E-state index < -0.39 is 194 Å². The number of hydrogen-bond donors (Lipinski definition) is 0. The Labute approximate surface area is 291 Å². The van der Waals surface area contributed by atoms with E-state index in [9.17, 15) is 0 Å². The molecule has 0 aliphatic rings. The van der Waals surface area contributed by atoms with E-state index in [1.807, 2.05) is 0 Å². The first kappa shape index (κ1) is 41.9. The predicted octanol–water partition coefficient (Wildman–Crippen LogP) is 8.59. The average Bonchev–Trinajstić information content (AvgIpc) is 2.63. The summed E-state index contributed by atoms with van der Waals surface area (Å²) in [6, 6.07) is 0. The Morgan fingerprint density at radius 3 is 0.912 bits per heavy atom. The van der Waals surface area contributed by atoms with Crippen molar-refractivity contribution in [3.8, 4) is 0 Å². The van der Waals surface area contributed by atoms with Crippen LogP contribution in [0, 0.1) is 0 Å². The fourth-order valence-electron chi connectivity index (χ4n) is 2.05. The van der Waals surface area contributed by atoms with E-state index in [1.54, 1.807) is 4.43 Å². The molecule has 19 heteroatoms. The molecule has 0 bridgehead atoms. The summed E-state index contributed by atoms with van der Waals surface area (Å²) in [7, 11) is 0. The molecular weight excluding hydrogens is 1550 g/mol. The Bertz CT molecular complexity index is 450. The summed E-state index contributed by atoms with van der Waals surface area (Å²) in [5, 5.41) is 0. The second kappa shape index (κ2) is 26.1. The van der Waals surface area contributed by atoms with Gasteiger partial charge in [-0.15, -0.1) is 0 Å². The van der Waals surface area contributed by atoms with E-state index in [4.69, 9.17) is 0 Å². The number of hydrogen-bond acceptors (Lipinski definition) is 0. The molecule has 0 saturated heterocycles. The Balaban J connectivity index is 5.70. The van der Waals surface area contributed by atoms with Gasteiger partial charge in [0.15, 0.2) is 0 Å². The minimum atomic E-state index is -1.21. The molecule has 199 valence electrons. The van der Waals surface area contributed by atoms with Crippen LogP contribution in [0.3, 0.4) is 0 Å². The van der Waals surface area contributed by atoms with Gasteiger partial charge in [-0.2, -0.15) is 0 Å². The second-order valence-electron chi connectivity index (χ2n) is 8.01. The van der Waals surface area contributed by atoms with Crippen LogP contribution >= 0.6 is 194 Å². The zero-order valence-electron chi connectivity index (χ0n) is 23.1. The molecule has 34 heavy (non-hydrogen) atoms. The van der Waals surface area contributed by atoms with Crippen LogP contribution in [0.4, 0.5) is 0 Å². The molecule has 0 N–H and O–H groups in total. The molecule has 0 spiro atoms. The van der Waals surface area contributed by atoms with E-state index in [2.05, 4.69) is 88.1 Å². The van der Waals surface area contributed by atoms with Gasteiger partial charge >= 0.3 is 300 Å². The number of rotatable bonds is 21. The number of halogens is 10. The molecule has 0 amide bonds. The van der Waals surface area contributed by atoms with E-state index >= 15 is 0 Å². The topological polar surface area (TPSA) is 0 Å². The van der Waals surface area contributed by atoms with Gasteiger partial charge < -0.3 is 0 Å². The van der Waals surface area contributed by atoms with Gasteiger partial charge in [-0.1, -0.05) is 0 Å².